The van der Waals surface area contributed by atoms with E-state index >= 15 is 0 Å². The predicted molar refractivity (Wildman–Crippen MR) is 125 cm³/mol. The number of benzene rings is 3. The molecule has 3 aromatic carbocycles. The highest BCUT2D eigenvalue weighted by molar-refractivity contribution is 6.07. The maximum Gasteiger partial charge on any atom is 0.255 e. The Hall–Kier alpha value is -2.61. The number of amides is 1. The average molecular weight is 400 g/mol. The monoisotopic (exact) mass is 399 g/mol. The van der Waals surface area contributed by atoms with Crippen molar-refractivity contribution >= 4 is 16.7 Å². The van der Waals surface area contributed by atoms with Crippen LogP contribution in [0.1, 0.15) is 56.0 Å². The molecule has 0 unspecified atom stereocenters. The van der Waals surface area contributed by atoms with Crippen molar-refractivity contribution in [1.29, 1.82) is 0 Å². The molecule has 1 amide bonds. The zero-order chi connectivity index (χ0) is 21.1. The van der Waals surface area contributed by atoms with E-state index < -0.39 is 0 Å². The van der Waals surface area contributed by atoms with Gasteiger partial charge in [-0.25, -0.2) is 0 Å². The molecule has 2 heteroatoms. The second-order valence-corrected chi connectivity index (χ2v) is 9.34. The summed E-state index contributed by atoms with van der Waals surface area (Å²) in [5, 5.41) is 2.17. The maximum atomic E-state index is 14.1. The average Bonchev–Trinajstić information content (AvgIpc) is 2.77. The maximum absolute atomic E-state index is 14.1. The number of rotatable bonds is 5. The molecular formula is C28H33NO. The largest absolute Gasteiger partial charge is 0.331 e. The first kappa shape index (κ1) is 20.7. The Labute approximate surface area is 180 Å². The lowest BCUT2D eigenvalue weighted by Gasteiger charge is -2.44. The summed E-state index contributed by atoms with van der Waals surface area (Å²) in [6.07, 6.45) is 3.56. The lowest BCUT2D eigenvalue weighted by molar-refractivity contribution is 0.0368. The molecule has 3 aromatic rings. The van der Waals surface area contributed by atoms with Crippen LogP contribution in [0.15, 0.2) is 72.8 Å². The molecule has 0 saturated heterocycles. The van der Waals surface area contributed by atoms with Gasteiger partial charge in [0, 0.05) is 18.2 Å². The van der Waals surface area contributed by atoms with Gasteiger partial charge in [0.1, 0.15) is 0 Å². The lowest BCUT2D eigenvalue weighted by Crippen LogP contribution is -2.48. The molecule has 156 valence electrons. The molecule has 4 rings (SSSR count). The van der Waals surface area contributed by atoms with E-state index in [-0.39, 0.29) is 11.9 Å². The summed E-state index contributed by atoms with van der Waals surface area (Å²) >= 11 is 0. The Morgan fingerprint density at radius 3 is 2.40 bits per heavy atom. The van der Waals surface area contributed by atoms with Crippen molar-refractivity contribution < 1.29 is 4.79 Å². The molecule has 2 nitrogen and oxygen atoms in total. The topological polar surface area (TPSA) is 20.3 Å². The number of carbonyl (C=O) groups excluding carboxylic acids is 1. The first-order valence-corrected chi connectivity index (χ1v) is 11.4. The first-order chi connectivity index (χ1) is 14.5. The van der Waals surface area contributed by atoms with Gasteiger partial charge in [0.05, 0.1) is 0 Å². The Bertz CT molecular complexity index is 988. The van der Waals surface area contributed by atoms with Crippen LogP contribution in [0.5, 0.6) is 0 Å². The molecule has 0 aliphatic heterocycles. The van der Waals surface area contributed by atoms with Gasteiger partial charge in [0.25, 0.3) is 5.91 Å². The standard InChI is InChI=1S/C28H33NO/c1-20(2)24-17-16-21(3)18-27(24)29(19-22-10-5-4-6-11-22)28(30)26-15-9-13-23-12-7-8-14-25(23)26/h4-15,20-21,24,27H,16-19H2,1-3H3/t21-,24+,27-/m0/s1. The van der Waals surface area contributed by atoms with Crippen LogP contribution in [-0.4, -0.2) is 16.8 Å². The molecule has 1 saturated carbocycles. The molecule has 0 aromatic heterocycles. The first-order valence-electron chi connectivity index (χ1n) is 11.4. The van der Waals surface area contributed by atoms with E-state index in [1.165, 1.54) is 18.4 Å². The molecule has 0 N–H and O–H groups in total. The van der Waals surface area contributed by atoms with Gasteiger partial charge in [-0.1, -0.05) is 93.9 Å². The summed E-state index contributed by atoms with van der Waals surface area (Å²) in [4.78, 5) is 16.3. The van der Waals surface area contributed by atoms with Crippen molar-refractivity contribution in [3.63, 3.8) is 0 Å². The second-order valence-electron chi connectivity index (χ2n) is 9.34. The van der Waals surface area contributed by atoms with Crippen LogP contribution in [0.4, 0.5) is 0 Å². The van der Waals surface area contributed by atoms with E-state index in [9.17, 15) is 4.79 Å². The van der Waals surface area contributed by atoms with E-state index in [1.54, 1.807) is 0 Å². The zero-order valence-electron chi connectivity index (χ0n) is 18.4. The highest BCUT2D eigenvalue weighted by atomic mass is 16.2. The van der Waals surface area contributed by atoms with Gasteiger partial charge in [0.15, 0.2) is 0 Å². The Balaban J connectivity index is 1.77. The summed E-state index contributed by atoms with van der Waals surface area (Å²) in [6.45, 7) is 7.64. The third-order valence-corrected chi connectivity index (χ3v) is 6.86. The SMILES string of the molecule is CC(C)[C@H]1CC[C@H](C)C[C@@H]1N(Cc1ccccc1)C(=O)c1cccc2ccccc12. The molecule has 1 aliphatic rings. The van der Waals surface area contributed by atoms with Gasteiger partial charge in [-0.2, -0.15) is 0 Å². The van der Waals surface area contributed by atoms with E-state index in [0.29, 0.717) is 24.3 Å². The third kappa shape index (κ3) is 4.28. The van der Waals surface area contributed by atoms with Gasteiger partial charge in [-0.05, 0) is 53.0 Å². The minimum absolute atomic E-state index is 0.167. The third-order valence-electron chi connectivity index (χ3n) is 6.86. The van der Waals surface area contributed by atoms with Crippen LogP contribution in [0, 0.1) is 17.8 Å². The summed E-state index contributed by atoms with van der Waals surface area (Å²) < 4.78 is 0. The van der Waals surface area contributed by atoms with Crippen LogP contribution in [0.3, 0.4) is 0 Å². The molecule has 0 spiro atoms. The van der Waals surface area contributed by atoms with Crippen molar-refractivity contribution in [1.82, 2.24) is 4.90 Å². The number of hydrogen-bond donors (Lipinski definition) is 0. The highest BCUT2D eigenvalue weighted by Gasteiger charge is 2.37. The fraction of sp³-hybridized carbons (Fsp3) is 0.393. The number of hydrogen-bond acceptors (Lipinski definition) is 1. The summed E-state index contributed by atoms with van der Waals surface area (Å²) in [5.41, 5.74) is 2.02. The van der Waals surface area contributed by atoms with Gasteiger partial charge in [-0.15, -0.1) is 0 Å². The van der Waals surface area contributed by atoms with E-state index in [2.05, 4.69) is 68.1 Å². The molecule has 3 atom stereocenters. The van der Waals surface area contributed by atoms with Crippen molar-refractivity contribution in [3.05, 3.63) is 83.9 Å². The van der Waals surface area contributed by atoms with Gasteiger partial charge in [-0.3, -0.25) is 4.79 Å². The second kappa shape index (κ2) is 9.04. The molecule has 1 aliphatic carbocycles. The van der Waals surface area contributed by atoms with Crippen molar-refractivity contribution in [2.24, 2.45) is 17.8 Å². The summed E-state index contributed by atoms with van der Waals surface area (Å²) in [6, 6.07) is 25.1. The minimum Gasteiger partial charge on any atom is -0.331 e. The van der Waals surface area contributed by atoms with Crippen LogP contribution >= 0.6 is 0 Å². The zero-order valence-corrected chi connectivity index (χ0v) is 18.4. The van der Waals surface area contributed by atoms with E-state index in [1.807, 2.05) is 30.3 Å². The quantitative estimate of drug-likeness (QED) is 0.455. The minimum atomic E-state index is 0.167. The number of carbonyl (C=O) groups is 1. The molecule has 0 heterocycles. The van der Waals surface area contributed by atoms with Gasteiger partial charge < -0.3 is 4.90 Å². The summed E-state index contributed by atoms with van der Waals surface area (Å²) in [5.74, 6) is 1.94. The van der Waals surface area contributed by atoms with Crippen LogP contribution in [0.2, 0.25) is 0 Å². The molecule has 1 fully saturated rings. The summed E-state index contributed by atoms with van der Waals surface area (Å²) in [7, 11) is 0. The van der Waals surface area contributed by atoms with Crippen molar-refractivity contribution in [2.45, 2.75) is 52.6 Å². The highest BCUT2D eigenvalue weighted by Crippen LogP contribution is 2.38. The van der Waals surface area contributed by atoms with Gasteiger partial charge in [0.2, 0.25) is 0 Å². The molecule has 0 bridgehead atoms. The fourth-order valence-corrected chi connectivity index (χ4v) is 5.20. The van der Waals surface area contributed by atoms with Crippen LogP contribution in [0.25, 0.3) is 10.8 Å². The van der Waals surface area contributed by atoms with Crippen LogP contribution in [-0.2, 0) is 6.54 Å². The van der Waals surface area contributed by atoms with E-state index in [4.69, 9.17) is 0 Å². The smallest absolute Gasteiger partial charge is 0.255 e. The predicted octanol–water partition coefficient (Wildman–Crippen LogP) is 6.94. The lowest BCUT2D eigenvalue weighted by atomic mass is 9.73. The fourth-order valence-electron chi connectivity index (χ4n) is 5.20. The normalized spacial score (nSPS) is 21.7. The Morgan fingerprint density at radius 1 is 0.933 bits per heavy atom. The number of nitrogens with zero attached hydrogens (tertiary/aromatic N) is 1. The molecule has 30 heavy (non-hydrogen) atoms. The van der Waals surface area contributed by atoms with Gasteiger partial charge >= 0.3 is 0 Å². The Morgan fingerprint density at radius 2 is 1.63 bits per heavy atom. The molecular weight excluding hydrogens is 366 g/mol. The number of fused-ring (bicyclic) bond motifs is 1. The van der Waals surface area contributed by atoms with Crippen molar-refractivity contribution in [2.75, 3.05) is 0 Å². The molecule has 0 radical (unpaired) electrons. The van der Waals surface area contributed by atoms with Crippen LogP contribution < -0.4 is 0 Å². The Kier molecular flexibility index (Phi) is 6.22. The van der Waals surface area contributed by atoms with Crippen molar-refractivity contribution in [3.8, 4) is 0 Å². The van der Waals surface area contributed by atoms with E-state index in [0.717, 1.165) is 22.8 Å².